The molecule has 1 atom stereocenters. The van der Waals surface area contributed by atoms with Crippen LogP contribution >= 0.6 is 0 Å². The van der Waals surface area contributed by atoms with Crippen LogP contribution in [-0.4, -0.2) is 23.4 Å². The van der Waals surface area contributed by atoms with Crippen LogP contribution < -0.4 is 0 Å². The van der Waals surface area contributed by atoms with Gasteiger partial charge in [-0.2, -0.15) is 5.26 Å². The number of carbonyl (C=O) groups is 1. The fraction of sp³-hybridized carbons (Fsp3) is 0.391. The second kappa shape index (κ2) is 8.67. The van der Waals surface area contributed by atoms with Gasteiger partial charge in [0.05, 0.1) is 11.6 Å². The van der Waals surface area contributed by atoms with Gasteiger partial charge >= 0.3 is 0 Å². The first kappa shape index (κ1) is 18.2. The molecule has 0 fully saturated rings. The number of fused-ring (bicyclic) bond motifs is 1. The molecule has 1 unspecified atom stereocenters. The van der Waals surface area contributed by atoms with Gasteiger partial charge < -0.3 is 4.90 Å². The summed E-state index contributed by atoms with van der Waals surface area (Å²) in [5, 5.41) is 8.88. The largest absolute Gasteiger partial charge is 0.339 e. The van der Waals surface area contributed by atoms with Crippen molar-refractivity contribution >= 4 is 5.91 Å². The van der Waals surface area contributed by atoms with Gasteiger partial charge in [-0.15, -0.1) is 0 Å². The summed E-state index contributed by atoms with van der Waals surface area (Å²) in [6.45, 7) is 2.97. The highest BCUT2D eigenvalue weighted by Gasteiger charge is 2.26. The van der Waals surface area contributed by atoms with Gasteiger partial charge in [-0.1, -0.05) is 43.3 Å². The zero-order valence-corrected chi connectivity index (χ0v) is 15.4. The minimum Gasteiger partial charge on any atom is -0.339 e. The van der Waals surface area contributed by atoms with Crippen molar-refractivity contribution in [3.63, 3.8) is 0 Å². The van der Waals surface area contributed by atoms with E-state index in [4.69, 9.17) is 5.26 Å². The Bertz CT molecular complexity index is 789. The first-order valence-electron chi connectivity index (χ1n) is 9.56. The normalized spacial score (nSPS) is 15.8. The third kappa shape index (κ3) is 4.32. The lowest BCUT2D eigenvalue weighted by molar-refractivity contribution is -0.133. The Kier molecular flexibility index (Phi) is 6.07. The molecule has 0 saturated carbocycles. The van der Waals surface area contributed by atoms with Crippen LogP contribution in [0.25, 0.3) is 0 Å². The van der Waals surface area contributed by atoms with E-state index in [1.54, 1.807) is 0 Å². The third-order valence-electron chi connectivity index (χ3n) is 5.26. The molecule has 1 aliphatic carbocycles. The van der Waals surface area contributed by atoms with Gasteiger partial charge in [0.2, 0.25) is 5.91 Å². The molecule has 3 nitrogen and oxygen atoms in total. The highest BCUT2D eigenvalue weighted by Crippen LogP contribution is 2.25. The molecule has 2 aromatic rings. The lowest BCUT2D eigenvalue weighted by atomic mass is 9.87. The monoisotopic (exact) mass is 346 g/mol. The number of nitriles is 1. The van der Waals surface area contributed by atoms with Crippen molar-refractivity contribution in [2.75, 3.05) is 6.54 Å². The number of carbonyl (C=O) groups excluding carboxylic acids is 1. The molecule has 2 aromatic carbocycles. The van der Waals surface area contributed by atoms with Crippen molar-refractivity contribution in [2.24, 2.45) is 0 Å². The van der Waals surface area contributed by atoms with Gasteiger partial charge in [-0.05, 0) is 60.9 Å². The van der Waals surface area contributed by atoms with Crippen LogP contribution in [0.2, 0.25) is 0 Å². The topological polar surface area (TPSA) is 44.1 Å². The van der Waals surface area contributed by atoms with Crippen molar-refractivity contribution in [2.45, 2.75) is 51.5 Å². The quantitative estimate of drug-likeness (QED) is 0.783. The lowest BCUT2D eigenvalue weighted by Gasteiger charge is -2.35. The first-order chi connectivity index (χ1) is 12.7. The molecule has 3 rings (SSSR count). The molecule has 0 heterocycles. The highest BCUT2D eigenvalue weighted by atomic mass is 16.2. The van der Waals surface area contributed by atoms with Gasteiger partial charge in [-0.25, -0.2) is 0 Å². The van der Waals surface area contributed by atoms with Gasteiger partial charge in [0, 0.05) is 19.0 Å². The molecule has 1 aliphatic rings. The summed E-state index contributed by atoms with van der Waals surface area (Å²) in [5.74, 6) is 0.251. The number of rotatable bonds is 6. The number of hydrogen-bond donors (Lipinski definition) is 0. The average molecular weight is 346 g/mol. The van der Waals surface area contributed by atoms with E-state index in [1.165, 1.54) is 11.1 Å². The average Bonchev–Trinajstić information content (AvgIpc) is 2.70. The minimum atomic E-state index is 0.251. The summed E-state index contributed by atoms with van der Waals surface area (Å²) in [4.78, 5) is 15.0. The minimum absolute atomic E-state index is 0.251. The van der Waals surface area contributed by atoms with E-state index in [2.05, 4.69) is 42.2 Å². The molecule has 134 valence electrons. The molecule has 0 saturated heterocycles. The Balaban J connectivity index is 1.63. The Labute approximate surface area is 156 Å². The summed E-state index contributed by atoms with van der Waals surface area (Å²) >= 11 is 0. The molecule has 3 heteroatoms. The van der Waals surface area contributed by atoms with Crippen LogP contribution in [0, 0.1) is 11.3 Å². The van der Waals surface area contributed by atoms with E-state index >= 15 is 0 Å². The predicted octanol–water partition coefficient (Wildman–Crippen LogP) is 4.29. The number of benzene rings is 2. The predicted molar refractivity (Wildman–Crippen MR) is 104 cm³/mol. The molecule has 0 spiro atoms. The number of nitrogens with zero attached hydrogens (tertiary/aromatic N) is 2. The standard InChI is InChI=1S/C23H26N2O/c1-2-15-25(22-13-12-20-5-3-4-6-21(20)16-22)23(26)14-11-18-7-9-19(17-24)10-8-18/h3-10,22H,2,11-16H2,1H3. The summed E-state index contributed by atoms with van der Waals surface area (Å²) in [5.41, 5.74) is 4.60. The van der Waals surface area contributed by atoms with E-state index in [1.807, 2.05) is 24.3 Å². The Morgan fingerprint density at radius 2 is 1.88 bits per heavy atom. The third-order valence-corrected chi connectivity index (χ3v) is 5.26. The van der Waals surface area contributed by atoms with Crippen LogP contribution in [0.1, 0.15) is 48.4 Å². The van der Waals surface area contributed by atoms with E-state index in [0.29, 0.717) is 18.0 Å². The fourth-order valence-corrected chi connectivity index (χ4v) is 3.84. The molecule has 0 bridgehead atoms. The molecular formula is C23H26N2O. The molecular weight excluding hydrogens is 320 g/mol. The van der Waals surface area contributed by atoms with E-state index in [-0.39, 0.29) is 5.91 Å². The van der Waals surface area contributed by atoms with Crippen LogP contribution in [0.15, 0.2) is 48.5 Å². The van der Waals surface area contributed by atoms with Crippen LogP contribution in [0.4, 0.5) is 0 Å². The molecule has 0 aromatic heterocycles. The van der Waals surface area contributed by atoms with E-state index in [9.17, 15) is 4.79 Å². The zero-order chi connectivity index (χ0) is 18.4. The summed E-state index contributed by atoms with van der Waals surface area (Å²) < 4.78 is 0. The maximum Gasteiger partial charge on any atom is 0.223 e. The Morgan fingerprint density at radius 1 is 1.15 bits per heavy atom. The maximum absolute atomic E-state index is 12.9. The first-order valence-corrected chi connectivity index (χ1v) is 9.56. The van der Waals surface area contributed by atoms with Crippen molar-refractivity contribution in [3.8, 4) is 6.07 Å². The smallest absolute Gasteiger partial charge is 0.223 e. The van der Waals surface area contributed by atoms with Gasteiger partial charge in [-0.3, -0.25) is 4.79 Å². The van der Waals surface area contributed by atoms with Crippen LogP contribution in [0.3, 0.4) is 0 Å². The Hall–Kier alpha value is -2.60. The highest BCUT2D eigenvalue weighted by molar-refractivity contribution is 5.77. The van der Waals surface area contributed by atoms with Gasteiger partial charge in [0.1, 0.15) is 0 Å². The van der Waals surface area contributed by atoms with E-state index < -0.39 is 0 Å². The fourth-order valence-electron chi connectivity index (χ4n) is 3.84. The van der Waals surface area contributed by atoms with Crippen molar-refractivity contribution < 1.29 is 4.79 Å². The van der Waals surface area contributed by atoms with Crippen molar-refractivity contribution in [3.05, 3.63) is 70.8 Å². The molecule has 0 N–H and O–H groups in total. The van der Waals surface area contributed by atoms with Crippen LogP contribution in [0.5, 0.6) is 0 Å². The van der Waals surface area contributed by atoms with Crippen molar-refractivity contribution in [1.29, 1.82) is 5.26 Å². The maximum atomic E-state index is 12.9. The number of aryl methyl sites for hydroxylation is 2. The van der Waals surface area contributed by atoms with Gasteiger partial charge in [0.15, 0.2) is 0 Å². The van der Waals surface area contributed by atoms with Gasteiger partial charge in [0.25, 0.3) is 0 Å². The second-order valence-corrected chi connectivity index (χ2v) is 7.06. The summed E-state index contributed by atoms with van der Waals surface area (Å²) in [6.07, 6.45) is 5.33. The summed E-state index contributed by atoms with van der Waals surface area (Å²) in [7, 11) is 0. The second-order valence-electron chi connectivity index (χ2n) is 7.06. The Morgan fingerprint density at radius 3 is 2.58 bits per heavy atom. The molecule has 0 radical (unpaired) electrons. The van der Waals surface area contributed by atoms with Crippen LogP contribution in [-0.2, 0) is 24.1 Å². The van der Waals surface area contributed by atoms with Crippen molar-refractivity contribution in [1.82, 2.24) is 4.90 Å². The number of hydrogen-bond acceptors (Lipinski definition) is 2. The lowest BCUT2D eigenvalue weighted by Crippen LogP contribution is -2.44. The van der Waals surface area contributed by atoms with E-state index in [0.717, 1.165) is 44.2 Å². The molecule has 1 amide bonds. The molecule has 0 aliphatic heterocycles. The summed E-state index contributed by atoms with van der Waals surface area (Å²) in [6, 6.07) is 18.6. The number of amides is 1. The zero-order valence-electron chi connectivity index (χ0n) is 15.4. The molecule has 26 heavy (non-hydrogen) atoms. The SMILES string of the molecule is CCCN(C(=O)CCc1ccc(C#N)cc1)C1CCc2ccccc2C1.